The van der Waals surface area contributed by atoms with Gasteiger partial charge in [0.05, 0.1) is 6.20 Å². The van der Waals surface area contributed by atoms with Crippen LogP contribution < -0.4 is 10.2 Å². The van der Waals surface area contributed by atoms with Gasteiger partial charge >= 0.3 is 0 Å². The molecule has 1 aliphatic heterocycles. The van der Waals surface area contributed by atoms with Gasteiger partial charge in [0, 0.05) is 24.3 Å². The van der Waals surface area contributed by atoms with Crippen molar-refractivity contribution in [2.45, 2.75) is 12.8 Å². The van der Waals surface area contributed by atoms with Crippen LogP contribution in [-0.2, 0) is 0 Å². The molecule has 8 nitrogen and oxygen atoms in total. The number of hydrogen-bond acceptors (Lipinski definition) is 6. The normalized spacial score (nSPS) is 13.8. The minimum atomic E-state index is -0.189. The van der Waals surface area contributed by atoms with E-state index in [-0.39, 0.29) is 5.91 Å². The Morgan fingerprint density at radius 3 is 2.48 bits per heavy atom. The predicted octanol–water partition coefficient (Wildman–Crippen LogP) is 1.91. The highest BCUT2D eigenvalue weighted by Gasteiger charge is 2.18. The number of rotatable bonds is 4. The van der Waals surface area contributed by atoms with Gasteiger partial charge in [-0.3, -0.25) is 9.36 Å². The van der Waals surface area contributed by atoms with Gasteiger partial charge in [0.25, 0.3) is 5.91 Å². The molecule has 126 valence electrons. The molecule has 4 rings (SSSR count). The van der Waals surface area contributed by atoms with Crippen LogP contribution in [0.15, 0.2) is 49.4 Å². The van der Waals surface area contributed by atoms with E-state index >= 15 is 0 Å². The van der Waals surface area contributed by atoms with Crippen molar-refractivity contribution in [3.8, 4) is 5.69 Å². The van der Waals surface area contributed by atoms with E-state index in [0.29, 0.717) is 11.3 Å². The molecule has 8 heteroatoms. The second-order valence-electron chi connectivity index (χ2n) is 5.82. The average molecular weight is 335 g/mol. The second kappa shape index (κ2) is 6.68. The van der Waals surface area contributed by atoms with Gasteiger partial charge in [-0.2, -0.15) is 0 Å². The van der Waals surface area contributed by atoms with Crippen molar-refractivity contribution in [3.05, 3.63) is 55.0 Å². The highest BCUT2D eigenvalue weighted by molar-refractivity contribution is 6.05. The first-order chi connectivity index (χ1) is 12.3. The largest absolute Gasteiger partial charge is 0.355 e. The summed E-state index contributed by atoms with van der Waals surface area (Å²) in [7, 11) is 0. The molecule has 1 fully saturated rings. The molecule has 1 aliphatic rings. The zero-order chi connectivity index (χ0) is 17.1. The highest BCUT2D eigenvalue weighted by Crippen LogP contribution is 2.25. The number of hydrogen-bond donors (Lipinski definition) is 1. The number of nitrogens with one attached hydrogen (secondary N) is 1. The Hall–Kier alpha value is -3.29. The second-order valence-corrected chi connectivity index (χ2v) is 5.82. The van der Waals surface area contributed by atoms with Crippen molar-refractivity contribution >= 4 is 17.4 Å². The third kappa shape index (κ3) is 3.18. The molecule has 1 aromatic carbocycles. The maximum atomic E-state index is 12.6. The first kappa shape index (κ1) is 15.3. The Bertz CT molecular complexity index is 855. The summed E-state index contributed by atoms with van der Waals surface area (Å²) in [6.45, 7) is 1.90. The molecule has 0 atom stereocenters. The summed E-state index contributed by atoms with van der Waals surface area (Å²) in [6, 6.07) is 7.23. The lowest BCUT2D eigenvalue weighted by molar-refractivity contribution is 0.102. The van der Waals surface area contributed by atoms with E-state index in [2.05, 4.69) is 30.4 Å². The average Bonchev–Trinajstić information content (AvgIpc) is 3.36. The highest BCUT2D eigenvalue weighted by atomic mass is 16.1. The van der Waals surface area contributed by atoms with E-state index in [9.17, 15) is 4.79 Å². The van der Waals surface area contributed by atoms with E-state index in [0.717, 1.165) is 37.4 Å². The Kier molecular flexibility index (Phi) is 4.07. The number of carbonyl (C=O) groups excluding carboxylic acids is 1. The molecular formula is C17H17N7O. The van der Waals surface area contributed by atoms with Crippen molar-refractivity contribution in [2.75, 3.05) is 23.3 Å². The van der Waals surface area contributed by atoms with Crippen LogP contribution in [-0.4, -0.2) is 43.7 Å². The molecule has 2 aromatic heterocycles. The molecule has 0 unspecified atom stereocenters. The molecule has 0 spiro atoms. The number of anilines is 2. The third-order valence-electron chi connectivity index (χ3n) is 4.19. The van der Waals surface area contributed by atoms with Gasteiger partial charge in [0.2, 0.25) is 0 Å². The van der Waals surface area contributed by atoms with Crippen molar-refractivity contribution in [1.29, 1.82) is 0 Å². The minimum absolute atomic E-state index is 0.189. The summed E-state index contributed by atoms with van der Waals surface area (Å²) in [5.74, 6) is 0.590. The van der Waals surface area contributed by atoms with Crippen LogP contribution in [0.1, 0.15) is 23.2 Å². The lowest BCUT2D eigenvalue weighted by atomic mass is 10.2. The maximum absolute atomic E-state index is 12.6. The Labute approximate surface area is 144 Å². The third-order valence-corrected chi connectivity index (χ3v) is 4.19. The fourth-order valence-electron chi connectivity index (χ4n) is 2.91. The Morgan fingerprint density at radius 2 is 1.76 bits per heavy atom. The molecule has 1 saturated heterocycles. The Morgan fingerprint density at radius 1 is 1.04 bits per heavy atom. The molecule has 0 bridgehead atoms. The van der Waals surface area contributed by atoms with Gasteiger partial charge in [0.1, 0.15) is 24.7 Å². The van der Waals surface area contributed by atoms with E-state index in [4.69, 9.17) is 0 Å². The number of nitrogens with zero attached hydrogens (tertiary/aromatic N) is 6. The van der Waals surface area contributed by atoms with Gasteiger partial charge < -0.3 is 10.2 Å². The van der Waals surface area contributed by atoms with Crippen molar-refractivity contribution in [2.24, 2.45) is 0 Å². The summed E-state index contributed by atoms with van der Waals surface area (Å²) in [4.78, 5) is 23.1. The number of amides is 1. The first-order valence-corrected chi connectivity index (χ1v) is 8.12. The number of aromatic nitrogens is 5. The molecule has 0 aliphatic carbocycles. The maximum Gasteiger partial charge on any atom is 0.255 e. The first-order valence-electron chi connectivity index (χ1n) is 8.12. The lowest BCUT2D eigenvalue weighted by Gasteiger charge is -2.19. The van der Waals surface area contributed by atoms with Gasteiger partial charge in [-0.25, -0.2) is 9.97 Å². The zero-order valence-corrected chi connectivity index (χ0v) is 13.5. The summed E-state index contributed by atoms with van der Waals surface area (Å²) in [5, 5.41) is 10.5. The molecule has 1 amide bonds. The summed E-state index contributed by atoms with van der Waals surface area (Å²) in [6.07, 6.45) is 8.66. The Balaban J connectivity index is 1.52. The fourth-order valence-corrected chi connectivity index (χ4v) is 2.91. The van der Waals surface area contributed by atoms with Crippen molar-refractivity contribution in [3.63, 3.8) is 0 Å². The van der Waals surface area contributed by atoms with Crippen LogP contribution in [0, 0.1) is 0 Å². The summed E-state index contributed by atoms with van der Waals surface area (Å²) in [5.41, 5.74) is 2.09. The summed E-state index contributed by atoms with van der Waals surface area (Å²) < 4.78 is 1.78. The van der Waals surface area contributed by atoms with Gasteiger partial charge in [-0.1, -0.05) is 0 Å². The summed E-state index contributed by atoms with van der Waals surface area (Å²) >= 11 is 0. The number of carbonyl (C=O) groups is 1. The molecular weight excluding hydrogens is 318 g/mol. The predicted molar refractivity (Wildman–Crippen MR) is 92.8 cm³/mol. The van der Waals surface area contributed by atoms with Crippen LogP contribution in [0.5, 0.6) is 0 Å². The van der Waals surface area contributed by atoms with Crippen LogP contribution >= 0.6 is 0 Å². The quantitative estimate of drug-likeness (QED) is 0.783. The van der Waals surface area contributed by atoms with Gasteiger partial charge in [-0.05, 0) is 37.1 Å². The van der Waals surface area contributed by atoms with Crippen LogP contribution in [0.3, 0.4) is 0 Å². The molecule has 0 saturated carbocycles. The topological polar surface area (TPSA) is 88.8 Å². The molecule has 3 aromatic rings. The zero-order valence-electron chi connectivity index (χ0n) is 13.5. The molecule has 3 heterocycles. The van der Waals surface area contributed by atoms with Crippen LogP contribution in [0.25, 0.3) is 5.69 Å². The number of benzene rings is 1. The van der Waals surface area contributed by atoms with Gasteiger partial charge in [0.15, 0.2) is 5.82 Å². The monoisotopic (exact) mass is 335 g/mol. The molecule has 25 heavy (non-hydrogen) atoms. The molecule has 1 N–H and O–H groups in total. The molecule has 0 radical (unpaired) electrons. The van der Waals surface area contributed by atoms with E-state index in [1.54, 1.807) is 35.6 Å². The van der Waals surface area contributed by atoms with E-state index < -0.39 is 0 Å². The fraction of sp³-hybridized carbons (Fsp3) is 0.235. The van der Waals surface area contributed by atoms with E-state index in [1.807, 2.05) is 12.1 Å². The van der Waals surface area contributed by atoms with E-state index in [1.165, 1.54) is 6.33 Å². The lowest BCUT2D eigenvalue weighted by Crippen LogP contribution is -2.22. The van der Waals surface area contributed by atoms with Gasteiger partial charge in [-0.15, -0.1) is 10.2 Å². The SMILES string of the molecule is O=C(Nc1cncnc1N1CCCC1)c1ccc(-n2cnnc2)cc1. The standard InChI is InChI=1S/C17H17N7O/c25-17(13-3-5-14(6-4-13)24-11-20-21-12-24)22-15-9-18-10-19-16(15)23-7-1-2-8-23/h3-6,9-12H,1-2,7-8H2,(H,22,25). The van der Waals surface area contributed by atoms with Crippen LogP contribution in [0.4, 0.5) is 11.5 Å². The van der Waals surface area contributed by atoms with Crippen molar-refractivity contribution < 1.29 is 4.79 Å². The van der Waals surface area contributed by atoms with Crippen molar-refractivity contribution in [1.82, 2.24) is 24.7 Å². The van der Waals surface area contributed by atoms with Crippen LogP contribution in [0.2, 0.25) is 0 Å². The smallest absolute Gasteiger partial charge is 0.255 e. The minimum Gasteiger partial charge on any atom is -0.355 e.